The fourth-order valence-corrected chi connectivity index (χ4v) is 4.84. The number of aliphatic hydroxyl groups is 6. The Kier molecular flexibility index (Phi) is 9.57. The van der Waals surface area contributed by atoms with Gasteiger partial charge in [0.15, 0.2) is 23.5 Å². The summed E-state index contributed by atoms with van der Waals surface area (Å²) in [6, 6.07) is 5.24. The minimum absolute atomic E-state index is 0. The molecule has 0 saturated carbocycles. The van der Waals surface area contributed by atoms with E-state index in [2.05, 4.69) is 0 Å². The highest BCUT2D eigenvalue weighted by atomic mass is 16.7. The summed E-state index contributed by atoms with van der Waals surface area (Å²) in [6.07, 6.45) is -16.2. The van der Waals surface area contributed by atoms with Crippen molar-refractivity contribution >= 4 is 11.0 Å². The second-order valence-electron chi connectivity index (χ2n) is 10.3. The van der Waals surface area contributed by atoms with E-state index in [1.165, 1.54) is 13.0 Å². The van der Waals surface area contributed by atoms with Crippen molar-refractivity contribution in [2.45, 2.75) is 68.3 Å². The molecule has 44 heavy (non-hydrogen) atoms. The molecule has 12 N–H and O–H groups in total. The van der Waals surface area contributed by atoms with Gasteiger partial charge in [0.25, 0.3) is 0 Å². The molecular formula is C27H32O17. The van der Waals surface area contributed by atoms with Gasteiger partial charge in [-0.05, 0) is 25.1 Å². The summed E-state index contributed by atoms with van der Waals surface area (Å²) >= 11 is 0. The van der Waals surface area contributed by atoms with Crippen LogP contribution >= 0.6 is 0 Å². The van der Waals surface area contributed by atoms with Crippen molar-refractivity contribution in [3.05, 3.63) is 40.6 Å². The molecule has 2 aromatic carbocycles. The van der Waals surface area contributed by atoms with Gasteiger partial charge in [0.1, 0.15) is 65.2 Å². The predicted molar refractivity (Wildman–Crippen MR) is 144 cm³/mol. The standard InChI is InChI=1S/C27H30O16.H2O/c1-8-17(32)20(35)22(37)26(40-8)39-7-15-18(33)21(36)23(38)27(42-15)43-25-19(34)16-13(31)5-10(28)6-14(16)41-24(25)9-2-3-11(29)12(30)4-9;/h2-6,8,15,17-18,20-23,26-33,35-38H,7H2,1H3;1H2/t8-,15+,17-,18+,20+,21-,22+,23+,26+,27-;/m0./s1. The number of aromatic hydroxyl groups is 4. The van der Waals surface area contributed by atoms with E-state index < -0.39 is 113 Å². The number of benzene rings is 2. The van der Waals surface area contributed by atoms with Gasteiger partial charge in [-0.3, -0.25) is 4.79 Å². The van der Waals surface area contributed by atoms with Crippen molar-refractivity contribution < 1.29 is 79.9 Å². The molecule has 1 aromatic heterocycles. The zero-order valence-corrected chi connectivity index (χ0v) is 22.8. The highest BCUT2D eigenvalue weighted by Crippen LogP contribution is 2.39. The van der Waals surface area contributed by atoms with Crippen molar-refractivity contribution in [3.8, 4) is 40.1 Å². The zero-order chi connectivity index (χ0) is 31.3. The van der Waals surface area contributed by atoms with Crippen LogP contribution in [0.5, 0.6) is 28.7 Å². The third-order valence-electron chi connectivity index (χ3n) is 7.29. The molecule has 2 saturated heterocycles. The maximum atomic E-state index is 13.6. The van der Waals surface area contributed by atoms with Crippen molar-refractivity contribution in [2.75, 3.05) is 6.61 Å². The van der Waals surface area contributed by atoms with Crippen LogP contribution in [0, 0.1) is 0 Å². The van der Waals surface area contributed by atoms with Gasteiger partial charge in [-0.15, -0.1) is 0 Å². The molecule has 0 bridgehead atoms. The molecule has 242 valence electrons. The second kappa shape index (κ2) is 12.7. The monoisotopic (exact) mass is 628 g/mol. The lowest BCUT2D eigenvalue weighted by Gasteiger charge is -2.42. The van der Waals surface area contributed by atoms with Crippen LogP contribution in [0.4, 0.5) is 0 Å². The minimum atomic E-state index is -1.97. The quantitative estimate of drug-likeness (QED) is 0.126. The SMILES string of the molecule is C[C@@H]1O[C@@H](OC[C@H]2O[C@@H](Oc3c(-c4ccc(O)c(O)c4)oc4cc(O)cc(O)c4c3=O)[C@H](O)[C@@H](O)[C@@H]2O)[C@H](O)[C@H](O)[C@H]1O.O. The molecule has 0 aliphatic carbocycles. The molecule has 3 heterocycles. The number of phenolic OH excluding ortho intramolecular Hbond substituents is 4. The third kappa shape index (κ3) is 5.97. The van der Waals surface area contributed by atoms with Crippen LogP contribution in [0.1, 0.15) is 6.92 Å². The zero-order valence-electron chi connectivity index (χ0n) is 22.8. The molecule has 0 spiro atoms. The summed E-state index contributed by atoms with van der Waals surface area (Å²) in [6.45, 7) is 0.818. The van der Waals surface area contributed by atoms with E-state index in [0.717, 1.165) is 24.3 Å². The average molecular weight is 629 g/mol. The Morgan fingerprint density at radius 3 is 2.09 bits per heavy atom. The molecule has 10 atom stereocenters. The van der Waals surface area contributed by atoms with Crippen LogP contribution in [0.25, 0.3) is 22.3 Å². The first-order valence-electron chi connectivity index (χ1n) is 13.0. The maximum absolute atomic E-state index is 13.6. The molecule has 0 amide bonds. The molecule has 5 rings (SSSR count). The smallest absolute Gasteiger partial charge is 0.239 e. The van der Waals surface area contributed by atoms with Gasteiger partial charge in [-0.1, -0.05) is 0 Å². The summed E-state index contributed by atoms with van der Waals surface area (Å²) in [7, 11) is 0. The van der Waals surface area contributed by atoms with Crippen LogP contribution < -0.4 is 10.2 Å². The maximum Gasteiger partial charge on any atom is 0.239 e. The van der Waals surface area contributed by atoms with E-state index in [0.29, 0.717) is 0 Å². The minimum Gasteiger partial charge on any atom is -0.508 e. The Bertz CT molecular complexity index is 1540. The van der Waals surface area contributed by atoms with Crippen molar-refractivity contribution in [1.82, 2.24) is 0 Å². The summed E-state index contributed by atoms with van der Waals surface area (Å²) < 4.78 is 27.8. The fraction of sp³-hybridized carbons (Fsp3) is 0.444. The normalized spacial score (nSPS) is 32.2. The fourth-order valence-electron chi connectivity index (χ4n) is 4.84. The van der Waals surface area contributed by atoms with E-state index in [1.54, 1.807) is 0 Å². The van der Waals surface area contributed by atoms with Gasteiger partial charge in [0.2, 0.25) is 17.5 Å². The lowest BCUT2D eigenvalue weighted by atomic mass is 9.98. The Morgan fingerprint density at radius 1 is 0.750 bits per heavy atom. The number of aliphatic hydroxyl groups excluding tert-OH is 6. The van der Waals surface area contributed by atoms with E-state index >= 15 is 0 Å². The topological polar surface area (TPSA) is 301 Å². The molecule has 2 aliphatic rings. The van der Waals surface area contributed by atoms with Gasteiger partial charge in [0.05, 0.1) is 12.7 Å². The van der Waals surface area contributed by atoms with Crippen LogP contribution in [-0.2, 0) is 14.2 Å². The van der Waals surface area contributed by atoms with Gasteiger partial charge < -0.3 is 79.9 Å². The summed E-state index contributed by atoms with van der Waals surface area (Å²) in [5, 5.41) is 101. The van der Waals surface area contributed by atoms with Crippen LogP contribution in [0.2, 0.25) is 0 Å². The largest absolute Gasteiger partial charge is 0.508 e. The number of hydrogen-bond acceptors (Lipinski definition) is 16. The molecule has 17 nitrogen and oxygen atoms in total. The van der Waals surface area contributed by atoms with Gasteiger partial charge in [0, 0.05) is 17.7 Å². The van der Waals surface area contributed by atoms with E-state index in [9.17, 15) is 55.9 Å². The number of phenols is 4. The van der Waals surface area contributed by atoms with Crippen molar-refractivity contribution in [3.63, 3.8) is 0 Å². The van der Waals surface area contributed by atoms with Crippen LogP contribution in [-0.4, -0.2) is 125 Å². The molecule has 2 aliphatic heterocycles. The van der Waals surface area contributed by atoms with E-state index in [-0.39, 0.29) is 16.6 Å². The summed E-state index contributed by atoms with van der Waals surface area (Å²) in [4.78, 5) is 13.6. The Hall–Kier alpha value is -3.75. The number of ether oxygens (including phenoxy) is 4. The van der Waals surface area contributed by atoms with Gasteiger partial charge in [-0.25, -0.2) is 0 Å². The Morgan fingerprint density at radius 2 is 1.41 bits per heavy atom. The Labute approximate surface area is 246 Å². The van der Waals surface area contributed by atoms with E-state index in [1.807, 2.05) is 0 Å². The molecule has 3 aromatic rings. The molecular weight excluding hydrogens is 596 g/mol. The van der Waals surface area contributed by atoms with Gasteiger partial charge >= 0.3 is 0 Å². The van der Waals surface area contributed by atoms with Gasteiger partial charge in [-0.2, -0.15) is 0 Å². The first-order valence-corrected chi connectivity index (χ1v) is 13.0. The first kappa shape index (κ1) is 33.1. The first-order chi connectivity index (χ1) is 20.3. The van der Waals surface area contributed by atoms with Crippen LogP contribution in [0.3, 0.4) is 0 Å². The lowest BCUT2D eigenvalue weighted by Crippen LogP contribution is -2.61. The van der Waals surface area contributed by atoms with Crippen molar-refractivity contribution in [2.24, 2.45) is 0 Å². The molecule has 0 radical (unpaired) electrons. The third-order valence-corrected chi connectivity index (χ3v) is 7.29. The lowest BCUT2D eigenvalue weighted by molar-refractivity contribution is -0.318. The highest BCUT2D eigenvalue weighted by Gasteiger charge is 2.47. The summed E-state index contributed by atoms with van der Waals surface area (Å²) in [5.41, 5.74) is -1.35. The number of rotatable bonds is 6. The molecule has 17 heteroatoms. The highest BCUT2D eigenvalue weighted by molar-refractivity contribution is 5.88. The average Bonchev–Trinajstić information content (AvgIpc) is 2.96. The number of hydrogen-bond donors (Lipinski definition) is 10. The van der Waals surface area contributed by atoms with Crippen molar-refractivity contribution in [1.29, 1.82) is 0 Å². The molecule has 0 unspecified atom stereocenters. The van der Waals surface area contributed by atoms with E-state index in [4.69, 9.17) is 23.4 Å². The Balaban J connectivity index is 0.00000442. The summed E-state index contributed by atoms with van der Waals surface area (Å²) in [5.74, 6) is -3.33. The van der Waals surface area contributed by atoms with Crippen LogP contribution in [0.15, 0.2) is 39.5 Å². The second-order valence-corrected chi connectivity index (χ2v) is 10.3. The number of fused-ring (bicyclic) bond motifs is 1. The predicted octanol–water partition coefficient (Wildman–Crippen LogP) is -2.51. The molecule has 2 fully saturated rings.